The first kappa shape index (κ1) is 23.1. The van der Waals surface area contributed by atoms with E-state index in [9.17, 15) is 13.2 Å². The largest absolute Gasteiger partial charge is 0.324 e. The van der Waals surface area contributed by atoms with Gasteiger partial charge in [-0.15, -0.1) is 11.8 Å². The summed E-state index contributed by atoms with van der Waals surface area (Å²) < 4.78 is 28.5. The van der Waals surface area contributed by atoms with Crippen LogP contribution in [0.2, 0.25) is 0 Å². The zero-order chi connectivity index (χ0) is 22.9. The molecule has 0 aromatic heterocycles. The number of carbonyl (C=O) groups is 1. The van der Waals surface area contributed by atoms with E-state index < -0.39 is 10.0 Å². The number of benzene rings is 2. The molecule has 2 fully saturated rings. The Hall–Kier alpha value is -2.09. The minimum absolute atomic E-state index is 0.000355. The van der Waals surface area contributed by atoms with Gasteiger partial charge in [0.25, 0.3) is 0 Å². The van der Waals surface area contributed by atoms with Crippen LogP contribution in [0, 0.1) is 20.8 Å². The second-order valence-electron chi connectivity index (χ2n) is 8.66. The number of nitrogens with zero attached hydrogens (tertiary/aromatic N) is 2. The van der Waals surface area contributed by atoms with Crippen LogP contribution in [0.25, 0.3) is 6.08 Å². The third kappa shape index (κ3) is 4.38. The van der Waals surface area contributed by atoms with Gasteiger partial charge in [-0.2, -0.15) is 4.31 Å². The molecule has 2 saturated heterocycles. The molecule has 0 aliphatic carbocycles. The summed E-state index contributed by atoms with van der Waals surface area (Å²) in [6, 6.07) is 13.6. The van der Waals surface area contributed by atoms with E-state index in [0.717, 1.165) is 28.0 Å². The van der Waals surface area contributed by atoms with Crippen molar-refractivity contribution in [1.82, 2.24) is 9.21 Å². The monoisotopic (exact) mass is 470 g/mol. The van der Waals surface area contributed by atoms with Gasteiger partial charge in [-0.25, -0.2) is 8.42 Å². The minimum atomic E-state index is -3.56. The molecule has 7 heteroatoms. The van der Waals surface area contributed by atoms with Crippen LogP contribution in [0.4, 0.5) is 0 Å². The van der Waals surface area contributed by atoms with Gasteiger partial charge in [0.15, 0.2) is 0 Å². The number of hydrogen-bond donors (Lipinski definition) is 0. The van der Waals surface area contributed by atoms with Crippen molar-refractivity contribution in [2.75, 3.05) is 25.4 Å². The zero-order valence-corrected chi connectivity index (χ0v) is 20.5. The number of sulfonamides is 1. The number of rotatable bonds is 4. The van der Waals surface area contributed by atoms with Crippen LogP contribution < -0.4 is 0 Å². The summed E-state index contributed by atoms with van der Waals surface area (Å²) in [5.41, 5.74) is 3.64. The van der Waals surface area contributed by atoms with E-state index in [0.29, 0.717) is 37.4 Å². The van der Waals surface area contributed by atoms with Gasteiger partial charge >= 0.3 is 0 Å². The molecular weight excluding hydrogens is 440 g/mol. The molecule has 5 nitrogen and oxygen atoms in total. The van der Waals surface area contributed by atoms with Gasteiger partial charge in [-0.05, 0) is 56.4 Å². The van der Waals surface area contributed by atoms with Crippen LogP contribution in [0.3, 0.4) is 0 Å². The summed E-state index contributed by atoms with van der Waals surface area (Å²) in [7, 11) is -3.56. The molecule has 4 rings (SSSR count). The van der Waals surface area contributed by atoms with Crippen molar-refractivity contribution in [3.05, 3.63) is 70.8 Å². The van der Waals surface area contributed by atoms with Crippen molar-refractivity contribution in [1.29, 1.82) is 0 Å². The second-order valence-corrected chi connectivity index (χ2v) is 12.0. The summed E-state index contributed by atoms with van der Waals surface area (Å²) in [5.74, 6) is 0.883. The Morgan fingerprint density at radius 2 is 1.62 bits per heavy atom. The van der Waals surface area contributed by atoms with Gasteiger partial charge in [-0.3, -0.25) is 4.79 Å². The van der Waals surface area contributed by atoms with Crippen molar-refractivity contribution in [3.63, 3.8) is 0 Å². The lowest BCUT2D eigenvalue weighted by Crippen LogP contribution is -2.53. The maximum atomic E-state index is 13.4. The topological polar surface area (TPSA) is 57.7 Å². The molecule has 2 aliphatic heterocycles. The summed E-state index contributed by atoms with van der Waals surface area (Å²) in [5, 5.41) is 0. The van der Waals surface area contributed by atoms with Crippen LogP contribution in [0.5, 0.6) is 0 Å². The van der Waals surface area contributed by atoms with E-state index in [1.165, 1.54) is 0 Å². The first-order valence-electron chi connectivity index (χ1n) is 11.0. The molecule has 170 valence electrons. The van der Waals surface area contributed by atoms with Crippen molar-refractivity contribution >= 4 is 33.8 Å². The SMILES string of the molecule is Cc1cc(C)c(S(=O)(=O)N2CCC3(CC2)SCCN3C(=O)C=Cc2ccccc2)c(C)c1. The molecular formula is C25H30N2O3S2. The van der Waals surface area contributed by atoms with E-state index in [2.05, 4.69) is 0 Å². The number of piperidine rings is 1. The van der Waals surface area contributed by atoms with Crippen LogP contribution in [-0.4, -0.2) is 53.8 Å². The molecule has 1 amide bonds. The molecule has 2 aliphatic rings. The zero-order valence-electron chi connectivity index (χ0n) is 18.9. The Morgan fingerprint density at radius 1 is 1.00 bits per heavy atom. The minimum Gasteiger partial charge on any atom is -0.324 e. The van der Waals surface area contributed by atoms with Gasteiger partial charge in [0.2, 0.25) is 15.9 Å². The molecule has 0 saturated carbocycles. The summed E-state index contributed by atoms with van der Waals surface area (Å²) in [4.78, 5) is 15.1. The van der Waals surface area contributed by atoms with E-state index in [1.807, 2.05) is 74.2 Å². The van der Waals surface area contributed by atoms with Crippen molar-refractivity contribution in [2.24, 2.45) is 0 Å². The first-order chi connectivity index (χ1) is 15.2. The van der Waals surface area contributed by atoms with E-state index >= 15 is 0 Å². The van der Waals surface area contributed by atoms with Crippen molar-refractivity contribution < 1.29 is 13.2 Å². The highest BCUT2D eigenvalue weighted by molar-refractivity contribution is 8.00. The molecule has 1 spiro atoms. The van der Waals surface area contributed by atoms with E-state index in [4.69, 9.17) is 0 Å². The molecule has 2 heterocycles. The van der Waals surface area contributed by atoms with Gasteiger partial charge in [-0.1, -0.05) is 48.0 Å². The maximum absolute atomic E-state index is 13.4. The Morgan fingerprint density at radius 3 is 2.25 bits per heavy atom. The molecule has 0 N–H and O–H groups in total. The highest BCUT2D eigenvalue weighted by atomic mass is 32.2. The predicted octanol–water partition coefficient (Wildman–Crippen LogP) is 4.38. The number of carbonyl (C=O) groups excluding carboxylic acids is 1. The Bertz CT molecular complexity index is 1110. The van der Waals surface area contributed by atoms with Gasteiger partial charge in [0.05, 0.1) is 9.77 Å². The number of aryl methyl sites for hydroxylation is 3. The third-order valence-corrected chi connectivity index (χ3v) is 10.1. The highest BCUT2D eigenvalue weighted by Gasteiger charge is 2.47. The first-order valence-corrected chi connectivity index (χ1v) is 13.4. The third-order valence-electron chi connectivity index (χ3n) is 6.37. The molecule has 32 heavy (non-hydrogen) atoms. The average Bonchev–Trinajstić information content (AvgIpc) is 3.15. The molecule has 0 unspecified atom stereocenters. The Labute approximate surface area is 195 Å². The van der Waals surface area contributed by atoms with E-state index in [1.54, 1.807) is 22.1 Å². The smallest absolute Gasteiger partial charge is 0.247 e. The Kier molecular flexibility index (Phi) is 6.52. The second kappa shape index (κ2) is 9.04. The van der Waals surface area contributed by atoms with Crippen LogP contribution in [0.15, 0.2) is 53.4 Å². The fourth-order valence-electron chi connectivity index (χ4n) is 4.93. The lowest BCUT2D eigenvalue weighted by atomic mass is 10.0. The molecule has 2 aromatic carbocycles. The molecule has 0 radical (unpaired) electrons. The van der Waals surface area contributed by atoms with Crippen LogP contribution in [0.1, 0.15) is 35.1 Å². The average molecular weight is 471 g/mol. The van der Waals surface area contributed by atoms with Crippen molar-refractivity contribution in [2.45, 2.75) is 43.4 Å². The molecule has 0 bridgehead atoms. The van der Waals surface area contributed by atoms with Gasteiger partial charge < -0.3 is 4.90 Å². The maximum Gasteiger partial charge on any atom is 0.247 e. The predicted molar refractivity (Wildman–Crippen MR) is 131 cm³/mol. The summed E-state index contributed by atoms with van der Waals surface area (Å²) in [6.07, 6.45) is 4.78. The fraction of sp³-hybridized carbons (Fsp3) is 0.400. The van der Waals surface area contributed by atoms with Gasteiger partial charge in [0, 0.05) is 31.5 Å². The number of thioether (sulfide) groups is 1. The molecule has 2 aromatic rings. The standard InChI is InChI=1S/C25H30N2O3S2/c1-19-17-20(2)24(21(3)18-19)32(29,30)26-13-11-25(12-14-26)27(15-16-31-25)23(28)10-9-22-7-5-4-6-8-22/h4-10,17-18H,11-16H2,1-3H3. The molecule has 0 atom stereocenters. The highest BCUT2D eigenvalue weighted by Crippen LogP contribution is 2.45. The lowest BCUT2D eigenvalue weighted by molar-refractivity contribution is -0.129. The fourth-order valence-corrected chi connectivity index (χ4v) is 8.25. The van der Waals surface area contributed by atoms with Gasteiger partial charge in [0.1, 0.15) is 0 Å². The Balaban J connectivity index is 1.49. The number of amides is 1. The lowest BCUT2D eigenvalue weighted by Gasteiger charge is -2.43. The summed E-state index contributed by atoms with van der Waals surface area (Å²) >= 11 is 1.79. The van der Waals surface area contributed by atoms with Crippen LogP contribution >= 0.6 is 11.8 Å². The quantitative estimate of drug-likeness (QED) is 0.622. The normalized spacial score (nSPS) is 19.2. The number of hydrogen-bond acceptors (Lipinski definition) is 4. The van der Waals surface area contributed by atoms with E-state index in [-0.39, 0.29) is 10.8 Å². The summed E-state index contributed by atoms with van der Waals surface area (Å²) in [6.45, 7) is 7.26. The van der Waals surface area contributed by atoms with Crippen LogP contribution in [-0.2, 0) is 14.8 Å². The van der Waals surface area contributed by atoms with Crippen molar-refractivity contribution in [3.8, 4) is 0 Å².